The van der Waals surface area contributed by atoms with Crippen LogP contribution in [0, 0.1) is 18.2 Å². The standard InChI is InChI=1S/C15H19ClFN3O/c1-9-6-12-11(7-10(9)17)19-13(4-5-16)20(12)8-15(2,3)14(18)21/h6-7H,4-5,8H2,1-3H3,(H2,18,21). The normalized spacial score (nSPS) is 12.0. The van der Waals surface area contributed by atoms with Crippen molar-refractivity contribution in [3.63, 3.8) is 0 Å². The van der Waals surface area contributed by atoms with Gasteiger partial charge in [-0.15, -0.1) is 11.6 Å². The summed E-state index contributed by atoms with van der Waals surface area (Å²) < 4.78 is 15.6. The van der Waals surface area contributed by atoms with Crippen LogP contribution in [0.3, 0.4) is 0 Å². The first-order valence-corrected chi connectivity index (χ1v) is 7.31. The molecule has 0 bridgehead atoms. The van der Waals surface area contributed by atoms with Crippen LogP contribution in [0.15, 0.2) is 12.1 Å². The van der Waals surface area contributed by atoms with Crippen molar-refractivity contribution >= 4 is 28.5 Å². The highest BCUT2D eigenvalue weighted by Gasteiger charge is 2.27. The number of fused-ring (bicyclic) bond motifs is 1. The monoisotopic (exact) mass is 311 g/mol. The van der Waals surface area contributed by atoms with Gasteiger partial charge in [0.05, 0.1) is 16.4 Å². The minimum atomic E-state index is -0.725. The van der Waals surface area contributed by atoms with E-state index >= 15 is 0 Å². The first-order chi connectivity index (χ1) is 9.76. The van der Waals surface area contributed by atoms with E-state index in [0.29, 0.717) is 29.9 Å². The van der Waals surface area contributed by atoms with Crippen LogP contribution >= 0.6 is 11.6 Å². The molecular formula is C15H19ClFN3O. The van der Waals surface area contributed by atoms with Gasteiger partial charge in [-0.05, 0) is 32.4 Å². The Hall–Kier alpha value is -1.62. The van der Waals surface area contributed by atoms with Crippen molar-refractivity contribution in [1.82, 2.24) is 9.55 Å². The van der Waals surface area contributed by atoms with Crippen LogP contribution < -0.4 is 5.73 Å². The zero-order valence-electron chi connectivity index (χ0n) is 12.4. The summed E-state index contributed by atoms with van der Waals surface area (Å²) in [6, 6.07) is 3.16. The summed E-state index contributed by atoms with van der Waals surface area (Å²) in [4.78, 5) is 16.0. The lowest BCUT2D eigenvalue weighted by Crippen LogP contribution is -2.35. The maximum absolute atomic E-state index is 13.7. The van der Waals surface area contributed by atoms with Gasteiger partial charge in [0, 0.05) is 24.9 Å². The van der Waals surface area contributed by atoms with E-state index in [1.807, 2.05) is 4.57 Å². The molecule has 2 aromatic rings. The van der Waals surface area contributed by atoms with E-state index in [9.17, 15) is 9.18 Å². The fourth-order valence-electron chi connectivity index (χ4n) is 2.22. The summed E-state index contributed by atoms with van der Waals surface area (Å²) in [5.74, 6) is 0.458. The molecule has 0 saturated carbocycles. The molecule has 0 atom stereocenters. The average molecular weight is 312 g/mol. The molecular weight excluding hydrogens is 293 g/mol. The molecule has 1 heterocycles. The Bertz CT molecular complexity index is 694. The van der Waals surface area contributed by atoms with Crippen molar-refractivity contribution in [2.24, 2.45) is 11.1 Å². The molecule has 0 radical (unpaired) electrons. The fourth-order valence-corrected chi connectivity index (χ4v) is 2.39. The molecule has 1 amide bonds. The van der Waals surface area contributed by atoms with Crippen LogP contribution in [-0.2, 0) is 17.8 Å². The summed E-state index contributed by atoms with van der Waals surface area (Å²) in [5.41, 5.74) is 6.63. The SMILES string of the molecule is Cc1cc2c(cc1F)nc(CCCl)n2CC(C)(C)C(N)=O. The number of aromatic nitrogens is 2. The minimum absolute atomic E-state index is 0.293. The van der Waals surface area contributed by atoms with E-state index in [1.54, 1.807) is 26.8 Å². The smallest absolute Gasteiger partial charge is 0.224 e. The minimum Gasteiger partial charge on any atom is -0.369 e. The molecule has 0 saturated heterocycles. The predicted molar refractivity (Wildman–Crippen MR) is 81.8 cm³/mol. The molecule has 0 unspecified atom stereocenters. The Morgan fingerprint density at radius 1 is 1.48 bits per heavy atom. The molecule has 114 valence electrons. The van der Waals surface area contributed by atoms with E-state index in [2.05, 4.69) is 4.98 Å². The lowest BCUT2D eigenvalue weighted by atomic mass is 9.92. The third-order valence-corrected chi connectivity index (χ3v) is 3.84. The van der Waals surface area contributed by atoms with Gasteiger partial charge >= 0.3 is 0 Å². The second-order valence-corrected chi connectivity index (χ2v) is 6.27. The molecule has 0 aliphatic carbocycles. The molecule has 2 N–H and O–H groups in total. The zero-order valence-corrected chi connectivity index (χ0v) is 13.2. The van der Waals surface area contributed by atoms with Crippen molar-refractivity contribution in [3.05, 3.63) is 29.3 Å². The van der Waals surface area contributed by atoms with Crippen molar-refractivity contribution in [1.29, 1.82) is 0 Å². The number of benzene rings is 1. The van der Waals surface area contributed by atoms with Crippen LogP contribution in [0.25, 0.3) is 11.0 Å². The molecule has 21 heavy (non-hydrogen) atoms. The number of hydrogen-bond donors (Lipinski definition) is 1. The number of rotatable bonds is 5. The van der Waals surface area contributed by atoms with Gasteiger partial charge in [0.2, 0.25) is 5.91 Å². The van der Waals surface area contributed by atoms with Crippen LogP contribution in [0.4, 0.5) is 4.39 Å². The van der Waals surface area contributed by atoms with Crippen molar-refractivity contribution in [2.45, 2.75) is 33.7 Å². The number of hydrogen-bond acceptors (Lipinski definition) is 2. The van der Waals surface area contributed by atoms with Crippen molar-refractivity contribution < 1.29 is 9.18 Å². The molecule has 0 spiro atoms. The van der Waals surface area contributed by atoms with Gasteiger partial charge in [0.1, 0.15) is 11.6 Å². The lowest BCUT2D eigenvalue weighted by molar-refractivity contribution is -0.126. The summed E-state index contributed by atoms with van der Waals surface area (Å²) in [6.45, 7) is 5.65. The first-order valence-electron chi connectivity index (χ1n) is 6.77. The summed E-state index contributed by atoms with van der Waals surface area (Å²) in [5, 5.41) is 0. The molecule has 2 rings (SSSR count). The fraction of sp³-hybridized carbons (Fsp3) is 0.467. The molecule has 4 nitrogen and oxygen atoms in total. The topological polar surface area (TPSA) is 60.9 Å². The van der Waals surface area contributed by atoms with Gasteiger partial charge in [-0.25, -0.2) is 9.37 Å². The number of imidazole rings is 1. The van der Waals surface area contributed by atoms with Crippen molar-refractivity contribution in [2.75, 3.05) is 5.88 Å². The van der Waals surface area contributed by atoms with Gasteiger partial charge in [-0.2, -0.15) is 0 Å². The van der Waals surface area contributed by atoms with Crippen LogP contribution in [0.5, 0.6) is 0 Å². The molecule has 6 heteroatoms. The number of carbonyl (C=O) groups is 1. The van der Waals surface area contributed by atoms with Gasteiger partial charge in [0.15, 0.2) is 0 Å². The zero-order chi connectivity index (χ0) is 15.8. The maximum Gasteiger partial charge on any atom is 0.224 e. The number of aryl methyl sites for hydroxylation is 2. The van der Waals surface area contributed by atoms with Crippen LogP contribution in [-0.4, -0.2) is 21.3 Å². The summed E-state index contributed by atoms with van der Waals surface area (Å²) in [7, 11) is 0. The molecule has 0 aliphatic heterocycles. The van der Waals surface area contributed by atoms with Gasteiger partial charge in [-0.1, -0.05) is 0 Å². The Balaban J connectivity index is 2.60. The first kappa shape index (κ1) is 15.8. The van der Waals surface area contributed by atoms with E-state index in [-0.39, 0.29) is 11.7 Å². The number of nitrogens with two attached hydrogens (primary N) is 1. The number of amides is 1. The van der Waals surface area contributed by atoms with Crippen LogP contribution in [0.2, 0.25) is 0 Å². The number of alkyl halides is 1. The Morgan fingerprint density at radius 3 is 2.71 bits per heavy atom. The highest BCUT2D eigenvalue weighted by atomic mass is 35.5. The number of nitrogens with zero attached hydrogens (tertiary/aromatic N) is 2. The second kappa shape index (κ2) is 5.64. The average Bonchev–Trinajstić information content (AvgIpc) is 2.68. The van der Waals surface area contributed by atoms with Crippen molar-refractivity contribution in [3.8, 4) is 0 Å². The van der Waals surface area contributed by atoms with E-state index < -0.39 is 5.41 Å². The predicted octanol–water partition coefficient (Wildman–Crippen LogP) is 2.78. The van der Waals surface area contributed by atoms with E-state index in [0.717, 1.165) is 11.3 Å². The Morgan fingerprint density at radius 2 is 2.14 bits per heavy atom. The summed E-state index contributed by atoms with van der Waals surface area (Å²) in [6.07, 6.45) is 0.547. The lowest BCUT2D eigenvalue weighted by Gasteiger charge is -2.22. The third kappa shape index (κ3) is 3.02. The molecule has 0 fully saturated rings. The van der Waals surface area contributed by atoms with Gasteiger partial charge < -0.3 is 10.3 Å². The third-order valence-electron chi connectivity index (χ3n) is 3.65. The van der Waals surface area contributed by atoms with E-state index in [1.165, 1.54) is 6.07 Å². The van der Waals surface area contributed by atoms with Crippen LogP contribution in [0.1, 0.15) is 25.2 Å². The summed E-state index contributed by atoms with van der Waals surface area (Å²) >= 11 is 5.81. The second-order valence-electron chi connectivity index (χ2n) is 5.89. The molecule has 0 aliphatic rings. The number of primary amides is 1. The maximum atomic E-state index is 13.7. The number of halogens is 2. The highest BCUT2D eigenvalue weighted by Crippen LogP contribution is 2.26. The quantitative estimate of drug-likeness (QED) is 0.863. The molecule has 1 aromatic carbocycles. The van der Waals surface area contributed by atoms with Gasteiger partial charge in [-0.3, -0.25) is 4.79 Å². The largest absolute Gasteiger partial charge is 0.369 e. The number of carbonyl (C=O) groups excluding carboxylic acids is 1. The Kier molecular flexibility index (Phi) is 4.23. The molecule has 1 aromatic heterocycles. The van der Waals surface area contributed by atoms with Gasteiger partial charge in [0.25, 0.3) is 0 Å². The van der Waals surface area contributed by atoms with E-state index in [4.69, 9.17) is 17.3 Å². The Labute approximate surface area is 128 Å². The highest BCUT2D eigenvalue weighted by molar-refractivity contribution is 6.17.